The standard InChI is InChI=1S/C12H27NO3S/c1-5-8-13-9-6-12(4,14)7-10-17(15,16)11(2)3/h11,13-14H,5-10H2,1-4H3. The molecule has 0 bridgehead atoms. The molecule has 0 rings (SSSR count). The minimum absolute atomic E-state index is 0.0610. The largest absolute Gasteiger partial charge is 0.390 e. The third-order valence-electron chi connectivity index (χ3n) is 2.91. The topological polar surface area (TPSA) is 66.4 Å². The van der Waals surface area contributed by atoms with Gasteiger partial charge in [0.25, 0.3) is 0 Å². The molecule has 104 valence electrons. The summed E-state index contributed by atoms with van der Waals surface area (Å²) in [5.41, 5.74) is -0.900. The Balaban J connectivity index is 4.01. The fourth-order valence-electron chi connectivity index (χ4n) is 1.38. The number of nitrogens with one attached hydrogen (secondary N) is 1. The number of hydrogen-bond donors (Lipinski definition) is 2. The van der Waals surface area contributed by atoms with Gasteiger partial charge in [-0.05, 0) is 53.1 Å². The van der Waals surface area contributed by atoms with Gasteiger partial charge in [-0.1, -0.05) is 6.92 Å². The van der Waals surface area contributed by atoms with E-state index in [2.05, 4.69) is 12.2 Å². The summed E-state index contributed by atoms with van der Waals surface area (Å²) in [7, 11) is -3.05. The van der Waals surface area contributed by atoms with Gasteiger partial charge in [-0.3, -0.25) is 0 Å². The van der Waals surface area contributed by atoms with E-state index in [0.29, 0.717) is 12.8 Å². The Morgan fingerprint density at radius 2 is 1.82 bits per heavy atom. The lowest BCUT2D eigenvalue weighted by Crippen LogP contribution is -2.33. The lowest BCUT2D eigenvalue weighted by atomic mass is 9.99. The van der Waals surface area contributed by atoms with Crippen LogP contribution in [-0.4, -0.2) is 43.2 Å². The number of sulfone groups is 1. The summed E-state index contributed by atoms with van der Waals surface area (Å²) in [6.45, 7) is 8.79. The fourth-order valence-corrected chi connectivity index (χ4v) is 2.58. The van der Waals surface area contributed by atoms with E-state index in [4.69, 9.17) is 0 Å². The minimum Gasteiger partial charge on any atom is -0.390 e. The van der Waals surface area contributed by atoms with Crippen LogP contribution >= 0.6 is 0 Å². The zero-order valence-corrected chi connectivity index (χ0v) is 12.3. The van der Waals surface area contributed by atoms with Gasteiger partial charge in [0.2, 0.25) is 0 Å². The molecule has 0 aliphatic carbocycles. The zero-order chi connectivity index (χ0) is 13.5. The van der Waals surface area contributed by atoms with E-state index < -0.39 is 15.4 Å². The number of rotatable bonds is 9. The third kappa shape index (κ3) is 7.73. The van der Waals surface area contributed by atoms with Gasteiger partial charge in [0.15, 0.2) is 9.84 Å². The van der Waals surface area contributed by atoms with Crippen LogP contribution in [-0.2, 0) is 9.84 Å². The van der Waals surface area contributed by atoms with Crippen LogP contribution in [0.1, 0.15) is 47.0 Å². The van der Waals surface area contributed by atoms with Gasteiger partial charge in [0.1, 0.15) is 0 Å². The molecule has 0 aromatic rings. The van der Waals surface area contributed by atoms with Crippen molar-refractivity contribution in [1.29, 1.82) is 0 Å². The molecular formula is C12H27NO3S. The highest BCUT2D eigenvalue weighted by Crippen LogP contribution is 2.16. The normalized spacial score (nSPS) is 16.1. The summed E-state index contributed by atoms with van der Waals surface area (Å²) in [4.78, 5) is 0. The van der Waals surface area contributed by atoms with E-state index in [-0.39, 0.29) is 11.0 Å². The smallest absolute Gasteiger partial charge is 0.152 e. The average Bonchev–Trinajstić information content (AvgIpc) is 2.22. The van der Waals surface area contributed by atoms with Crippen molar-refractivity contribution in [2.24, 2.45) is 0 Å². The van der Waals surface area contributed by atoms with E-state index in [0.717, 1.165) is 19.5 Å². The van der Waals surface area contributed by atoms with Gasteiger partial charge >= 0.3 is 0 Å². The van der Waals surface area contributed by atoms with Crippen LogP contribution in [0.3, 0.4) is 0 Å². The molecule has 0 aromatic carbocycles. The van der Waals surface area contributed by atoms with Gasteiger partial charge in [-0.2, -0.15) is 0 Å². The zero-order valence-electron chi connectivity index (χ0n) is 11.5. The van der Waals surface area contributed by atoms with Gasteiger partial charge in [0.05, 0.1) is 16.6 Å². The molecule has 0 aromatic heterocycles. The quantitative estimate of drug-likeness (QED) is 0.617. The van der Waals surface area contributed by atoms with Crippen LogP contribution in [0.25, 0.3) is 0 Å². The van der Waals surface area contributed by atoms with Crippen molar-refractivity contribution >= 4 is 9.84 Å². The van der Waals surface area contributed by atoms with E-state index in [1.165, 1.54) is 0 Å². The maximum atomic E-state index is 11.6. The molecule has 0 saturated heterocycles. The first-order valence-electron chi connectivity index (χ1n) is 6.36. The predicted molar refractivity (Wildman–Crippen MR) is 71.9 cm³/mol. The molecule has 17 heavy (non-hydrogen) atoms. The first-order chi connectivity index (χ1) is 7.71. The third-order valence-corrected chi connectivity index (χ3v) is 5.12. The Morgan fingerprint density at radius 3 is 2.29 bits per heavy atom. The molecule has 4 nitrogen and oxygen atoms in total. The van der Waals surface area contributed by atoms with Gasteiger partial charge in [0, 0.05) is 0 Å². The van der Waals surface area contributed by atoms with Crippen molar-refractivity contribution in [3.05, 3.63) is 0 Å². The first-order valence-corrected chi connectivity index (χ1v) is 8.07. The van der Waals surface area contributed by atoms with Crippen LogP contribution in [0, 0.1) is 0 Å². The van der Waals surface area contributed by atoms with Crippen molar-refractivity contribution in [3.63, 3.8) is 0 Å². The molecule has 1 unspecified atom stereocenters. The predicted octanol–water partition coefficient (Wildman–Crippen LogP) is 1.34. The van der Waals surface area contributed by atoms with E-state index in [1.54, 1.807) is 20.8 Å². The second-order valence-electron chi connectivity index (χ2n) is 5.16. The number of aliphatic hydroxyl groups is 1. The Morgan fingerprint density at radius 1 is 1.24 bits per heavy atom. The van der Waals surface area contributed by atoms with Gasteiger partial charge in [-0.15, -0.1) is 0 Å². The van der Waals surface area contributed by atoms with E-state index >= 15 is 0 Å². The Bertz CT molecular complexity index is 297. The van der Waals surface area contributed by atoms with Crippen molar-refractivity contribution < 1.29 is 13.5 Å². The average molecular weight is 265 g/mol. The summed E-state index contributed by atoms with van der Waals surface area (Å²) in [5.74, 6) is 0.0610. The Kier molecular flexibility index (Phi) is 7.28. The molecule has 0 amide bonds. The molecule has 0 heterocycles. The van der Waals surface area contributed by atoms with Gasteiger partial charge in [-0.25, -0.2) is 8.42 Å². The monoisotopic (exact) mass is 265 g/mol. The van der Waals surface area contributed by atoms with Crippen LogP contribution in [0.15, 0.2) is 0 Å². The number of hydrogen-bond acceptors (Lipinski definition) is 4. The highest BCUT2D eigenvalue weighted by molar-refractivity contribution is 7.91. The highest BCUT2D eigenvalue weighted by atomic mass is 32.2. The molecule has 0 fully saturated rings. The van der Waals surface area contributed by atoms with Crippen LogP contribution in [0.4, 0.5) is 0 Å². The Hall–Kier alpha value is -0.130. The molecule has 5 heteroatoms. The lowest BCUT2D eigenvalue weighted by molar-refractivity contribution is 0.0480. The molecule has 0 spiro atoms. The summed E-state index contributed by atoms with van der Waals surface area (Å²) in [5, 5.41) is 12.9. The molecule has 0 aliphatic heterocycles. The van der Waals surface area contributed by atoms with Crippen LogP contribution in [0.2, 0.25) is 0 Å². The lowest BCUT2D eigenvalue weighted by Gasteiger charge is -2.23. The summed E-state index contributed by atoms with van der Waals surface area (Å²) in [6.07, 6.45) is 1.95. The second kappa shape index (κ2) is 7.34. The van der Waals surface area contributed by atoms with E-state index in [1.807, 2.05) is 0 Å². The fraction of sp³-hybridized carbons (Fsp3) is 1.00. The van der Waals surface area contributed by atoms with Crippen molar-refractivity contribution in [3.8, 4) is 0 Å². The summed E-state index contributed by atoms with van der Waals surface area (Å²) < 4.78 is 23.3. The van der Waals surface area contributed by atoms with Crippen molar-refractivity contribution in [1.82, 2.24) is 5.32 Å². The van der Waals surface area contributed by atoms with Crippen LogP contribution in [0.5, 0.6) is 0 Å². The van der Waals surface area contributed by atoms with Crippen molar-refractivity contribution in [2.45, 2.75) is 57.8 Å². The minimum atomic E-state index is -3.05. The Labute approximate surface area is 106 Å². The van der Waals surface area contributed by atoms with Gasteiger partial charge < -0.3 is 10.4 Å². The first kappa shape index (κ1) is 16.9. The second-order valence-corrected chi connectivity index (χ2v) is 7.84. The molecular weight excluding hydrogens is 238 g/mol. The molecule has 0 saturated carbocycles. The van der Waals surface area contributed by atoms with Crippen molar-refractivity contribution in [2.75, 3.05) is 18.8 Å². The van der Waals surface area contributed by atoms with Crippen LogP contribution < -0.4 is 5.32 Å². The maximum absolute atomic E-state index is 11.6. The molecule has 1 atom stereocenters. The SMILES string of the molecule is CCCNCCC(C)(O)CCS(=O)(=O)C(C)C. The molecule has 0 aliphatic rings. The summed E-state index contributed by atoms with van der Waals surface area (Å²) in [6, 6.07) is 0. The summed E-state index contributed by atoms with van der Waals surface area (Å²) >= 11 is 0. The maximum Gasteiger partial charge on any atom is 0.152 e. The molecule has 2 N–H and O–H groups in total. The highest BCUT2D eigenvalue weighted by Gasteiger charge is 2.25. The van der Waals surface area contributed by atoms with E-state index in [9.17, 15) is 13.5 Å². The molecule has 0 radical (unpaired) electrons.